The standard InChI is InChI=1S/C14H14FNO2/c1-18-13-8-2-10(3-9-13)14(17)16-12-6-4-11(15)5-7-12/h2-8,13H,9H2,1H3,(H,16,17). The predicted molar refractivity (Wildman–Crippen MR) is 67.7 cm³/mol. The van der Waals surface area contributed by atoms with Crippen LogP contribution in [0.2, 0.25) is 0 Å². The number of benzene rings is 1. The van der Waals surface area contributed by atoms with Crippen molar-refractivity contribution in [2.24, 2.45) is 0 Å². The van der Waals surface area contributed by atoms with E-state index in [1.807, 2.05) is 12.2 Å². The minimum Gasteiger partial charge on any atom is -0.377 e. The van der Waals surface area contributed by atoms with Crippen molar-refractivity contribution in [1.29, 1.82) is 0 Å². The Hall–Kier alpha value is -1.94. The highest BCUT2D eigenvalue weighted by Crippen LogP contribution is 2.15. The molecule has 3 nitrogen and oxygen atoms in total. The third kappa shape index (κ3) is 3.05. The van der Waals surface area contributed by atoms with E-state index in [2.05, 4.69) is 5.32 Å². The van der Waals surface area contributed by atoms with Gasteiger partial charge in [-0.15, -0.1) is 0 Å². The van der Waals surface area contributed by atoms with Crippen LogP contribution in [0.15, 0.2) is 48.1 Å². The zero-order chi connectivity index (χ0) is 13.0. The van der Waals surface area contributed by atoms with E-state index in [-0.39, 0.29) is 17.8 Å². The number of nitrogens with one attached hydrogen (secondary N) is 1. The molecule has 18 heavy (non-hydrogen) atoms. The molecular formula is C14H14FNO2. The van der Waals surface area contributed by atoms with E-state index in [1.54, 1.807) is 13.2 Å². The maximum Gasteiger partial charge on any atom is 0.255 e. The summed E-state index contributed by atoms with van der Waals surface area (Å²) in [4.78, 5) is 11.9. The van der Waals surface area contributed by atoms with Gasteiger partial charge in [-0.05, 0) is 30.7 Å². The lowest BCUT2D eigenvalue weighted by Crippen LogP contribution is -2.17. The van der Waals surface area contributed by atoms with E-state index in [0.717, 1.165) is 0 Å². The van der Waals surface area contributed by atoms with Crippen molar-refractivity contribution in [1.82, 2.24) is 0 Å². The Morgan fingerprint density at radius 1 is 1.39 bits per heavy atom. The summed E-state index contributed by atoms with van der Waals surface area (Å²) in [5, 5.41) is 2.71. The smallest absolute Gasteiger partial charge is 0.255 e. The number of halogens is 1. The fourth-order valence-electron chi connectivity index (χ4n) is 1.68. The molecule has 1 aromatic rings. The van der Waals surface area contributed by atoms with Crippen molar-refractivity contribution >= 4 is 11.6 Å². The first-order chi connectivity index (χ1) is 8.69. The molecule has 2 rings (SSSR count). The molecule has 1 N–H and O–H groups in total. The van der Waals surface area contributed by atoms with E-state index in [9.17, 15) is 9.18 Å². The summed E-state index contributed by atoms with van der Waals surface area (Å²) in [5.74, 6) is -0.528. The van der Waals surface area contributed by atoms with Crippen LogP contribution in [0.4, 0.5) is 10.1 Å². The van der Waals surface area contributed by atoms with Crippen molar-refractivity contribution < 1.29 is 13.9 Å². The minimum atomic E-state index is -0.326. The van der Waals surface area contributed by atoms with Crippen molar-refractivity contribution in [2.75, 3.05) is 12.4 Å². The molecule has 0 heterocycles. The highest BCUT2D eigenvalue weighted by molar-refractivity contribution is 6.05. The number of carbonyl (C=O) groups is 1. The number of anilines is 1. The summed E-state index contributed by atoms with van der Waals surface area (Å²) in [5.41, 5.74) is 1.16. The first-order valence-corrected chi connectivity index (χ1v) is 5.67. The molecule has 0 saturated carbocycles. The highest BCUT2D eigenvalue weighted by atomic mass is 19.1. The molecular weight excluding hydrogens is 233 g/mol. The molecule has 1 amide bonds. The quantitative estimate of drug-likeness (QED) is 0.891. The molecule has 94 valence electrons. The van der Waals surface area contributed by atoms with Crippen LogP contribution in [0.3, 0.4) is 0 Å². The lowest BCUT2D eigenvalue weighted by molar-refractivity contribution is -0.112. The van der Waals surface area contributed by atoms with Gasteiger partial charge in [-0.3, -0.25) is 4.79 Å². The summed E-state index contributed by atoms with van der Waals surface area (Å²) < 4.78 is 17.9. The van der Waals surface area contributed by atoms with Gasteiger partial charge in [0.2, 0.25) is 0 Å². The zero-order valence-electron chi connectivity index (χ0n) is 10.0. The Balaban J connectivity index is 1.99. The molecule has 4 heteroatoms. The topological polar surface area (TPSA) is 38.3 Å². The molecule has 1 atom stereocenters. The number of ether oxygens (including phenoxy) is 1. The summed E-state index contributed by atoms with van der Waals surface area (Å²) in [6.07, 6.45) is 6.12. The van der Waals surface area contributed by atoms with Crippen LogP contribution in [0.1, 0.15) is 6.42 Å². The van der Waals surface area contributed by atoms with E-state index < -0.39 is 0 Å². The van der Waals surface area contributed by atoms with Crippen LogP contribution in [0, 0.1) is 5.82 Å². The van der Waals surface area contributed by atoms with Gasteiger partial charge < -0.3 is 10.1 Å². The van der Waals surface area contributed by atoms with Gasteiger partial charge >= 0.3 is 0 Å². The van der Waals surface area contributed by atoms with Gasteiger partial charge in [-0.2, -0.15) is 0 Å². The second-order valence-electron chi connectivity index (χ2n) is 3.99. The molecule has 0 saturated heterocycles. The number of amides is 1. The van der Waals surface area contributed by atoms with Gasteiger partial charge in [0.1, 0.15) is 5.82 Å². The number of carbonyl (C=O) groups excluding carboxylic acids is 1. The van der Waals surface area contributed by atoms with Crippen molar-refractivity contribution in [3.05, 3.63) is 53.9 Å². The van der Waals surface area contributed by atoms with Gasteiger partial charge in [0.15, 0.2) is 0 Å². The first-order valence-electron chi connectivity index (χ1n) is 5.67. The molecule has 1 aliphatic rings. The van der Waals surface area contributed by atoms with Crippen LogP contribution >= 0.6 is 0 Å². The molecule has 1 aliphatic carbocycles. The third-order valence-electron chi connectivity index (χ3n) is 2.73. The fourth-order valence-corrected chi connectivity index (χ4v) is 1.68. The van der Waals surface area contributed by atoms with Gasteiger partial charge in [0.05, 0.1) is 6.10 Å². The Bertz CT molecular complexity index is 491. The summed E-state index contributed by atoms with van der Waals surface area (Å²) >= 11 is 0. The van der Waals surface area contributed by atoms with Gasteiger partial charge in [0.25, 0.3) is 5.91 Å². The fraction of sp³-hybridized carbons (Fsp3) is 0.214. The van der Waals surface area contributed by atoms with Crippen LogP contribution < -0.4 is 5.32 Å². The average Bonchev–Trinajstić information content (AvgIpc) is 2.41. The molecule has 0 spiro atoms. The van der Waals surface area contributed by atoms with Crippen LogP contribution in [0.25, 0.3) is 0 Å². The number of rotatable bonds is 3. The summed E-state index contributed by atoms with van der Waals surface area (Å²) in [6.45, 7) is 0. The highest BCUT2D eigenvalue weighted by Gasteiger charge is 2.13. The van der Waals surface area contributed by atoms with Gasteiger partial charge in [0, 0.05) is 18.4 Å². The van der Waals surface area contributed by atoms with Crippen LogP contribution in [-0.4, -0.2) is 19.1 Å². The van der Waals surface area contributed by atoms with Crippen molar-refractivity contribution in [3.8, 4) is 0 Å². The predicted octanol–water partition coefficient (Wildman–Crippen LogP) is 2.67. The minimum absolute atomic E-state index is 0.0346. The second kappa shape index (κ2) is 5.60. The molecule has 0 radical (unpaired) electrons. The zero-order valence-corrected chi connectivity index (χ0v) is 10.0. The van der Waals surface area contributed by atoms with Gasteiger partial charge in [-0.25, -0.2) is 4.39 Å². The Morgan fingerprint density at radius 3 is 2.67 bits per heavy atom. The largest absolute Gasteiger partial charge is 0.377 e. The van der Waals surface area contributed by atoms with Gasteiger partial charge in [-0.1, -0.05) is 18.2 Å². The maximum atomic E-state index is 12.7. The van der Waals surface area contributed by atoms with E-state index in [4.69, 9.17) is 4.74 Å². The summed E-state index contributed by atoms with van der Waals surface area (Å²) in [7, 11) is 1.63. The Morgan fingerprint density at radius 2 is 2.11 bits per heavy atom. The third-order valence-corrected chi connectivity index (χ3v) is 2.73. The lowest BCUT2D eigenvalue weighted by Gasteiger charge is -2.14. The van der Waals surface area contributed by atoms with Crippen molar-refractivity contribution in [2.45, 2.75) is 12.5 Å². The Kier molecular flexibility index (Phi) is 3.89. The van der Waals surface area contributed by atoms with E-state index >= 15 is 0 Å². The van der Waals surface area contributed by atoms with Crippen LogP contribution in [0.5, 0.6) is 0 Å². The lowest BCUT2D eigenvalue weighted by atomic mass is 10.0. The van der Waals surface area contributed by atoms with Crippen molar-refractivity contribution in [3.63, 3.8) is 0 Å². The number of methoxy groups -OCH3 is 1. The average molecular weight is 247 g/mol. The van der Waals surface area contributed by atoms with E-state index in [1.165, 1.54) is 24.3 Å². The molecule has 1 aromatic carbocycles. The molecule has 0 fully saturated rings. The number of hydrogen-bond acceptors (Lipinski definition) is 2. The SMILES string of the molecule is COC1C=CC(C(=O)Nc2ccc(F)cc2)=CC1. The molecule has 1 unspecified atom stereocenters. The second-order valence-corrected chi connectivity index (χ2v) is 3.99. The normalized spacial score (nSPS) is 18.3. The molecule has 0 aliphatic heterocycles. The molecule has 0 aromatic heterocycles. The first kappa shape index (κ1) is 12.5. The Labute approximate surface area is 105 Å². The van der Waals surface area contributed by atoms with Crippen LogP contribution in [-0.2, 0) is 9.53 Å². The molecule has 0 bridgehead atoms. The summed E-state index contributed by atoms with van der Waals surface area (Å²) in [6, 6.07) is 5.67. The number of hydrogen-bond donors (Lipinski definition) is 1. The monoisotopic (exact) mass is 247 g/mol. The maximum absolute atomic E-state index is 12.7. The van der Waals surface area contributed by atoms with E-state index in [0.29, 0.717) is 17.7 Å².